The van der Waals surface area contributed by atoms with Crippen LogP contribution in [0.2, 0.25) is 0 Å². The minimum absolute atomic E-state index is 0.275. The number of amides is 1. The Hall–Kier alpha value is -3.23. The number of nitrogens with one attached hydrogen (secondary N) is 1. The highest BCUT2D eigenvalue weighted by Gasteiger charge is 2.43. The van der Waals surface area contributed by atoms with Gasteiger partial charge in [0.25, 0.3) is 0 Å². The van der Waals surface area contributed by atoms with Crippen LogP contribution in [0.25, 0.3) is 22.2 Å². The van der Waals surface area contributed by atoms with Gasteiger partial charge >= 0.3 is 0 Å². The van der Waals surface area contributed by atoms with Gasteiger partial charge in [-0.1, -0.05) is 0 Å². The van der Waals surface area contributed by atoms with Crippen molar-refractivity contribution < 1.29 is 18.7 Å². The van der Waals surface area contributed by atoms with Gasteiger partial charge in [-0.2, -0.15) is 0 Å². The van der Waals surface area contributed by atoms with Gasteiger partial charge in [0.15, 0.2) is 0 Å². The molecule has 8 nitrogen and oxygen atoms in total. The zero-order valence-electron chi connectivity index (χ0n) is 15.1. The Morgan fingerprint density at radius 3 is 2.48 bits per heavy atom. The molecule has 1 aliphatic carbocycles. The fourth-order valence-corrected chi connectivity index (χ4v) is 3.08. The molecule has 0 unspecified atom stereocenters. The summed E-state index contributed by atoms with van der Waals surface area (Å²) in [5.41, 5.74) is 2.23. The van der Waals surface area contributed by atoms with E-state index in [4.69, 9.17) is 9.47 Å². The van der Waals surface area contributed by atoms with E-state index in [1.807, 2.05) is 17.7 Å². The molecule has 2 atom stereocenters. The molecule has 1 saturated carbocycles. The zero-order valence-corrected chi connectivity index (χ0v) is 15.1. The van der Waals surface area contributed by atoms with Gasteiger partial charge in [0.2, 0.25) is 17.7 Å². The molecule has 4 rings (SSSR count). The summed E-state index contributed by atoms with van der Waals surface area (Å²) in [4.78, 5) is 24.5. The largest absolute Gasteiger partial charge is 0.480 e. The Morgan fingerprint density at radius 2 is 1.89 bits per heavy atom. The molecule has 3 heterocycles. The smallest absolute Gasteiger partial charge is 0.231 e. The van der Waals surface area contributed by atoms with Crippen LogP contribution >= 0.6 is 0 Å². The Labute approximate surface area is 154 Å². The lowest BCUT2D eigenvalue weighted by molar-refractivity contribution is -0.117. The van der Waals surface area contributed by atoms with Crippen LogP contribution in [0.4, 0.5) is 10.2 Å². The minimum atomic E-state index is -1.05. The summed E-state index contributed by atoms with van der Waals surface area (Å²) in [5, 5.41) is 3.51. The molecule has 140 valence electrons. The second kappa shape index (κ2) is 6.49. The number of hydrogen-bond acceptors (Lipinski definition) is 6. The molecule has 0 saturated heterocycles. The maximum Gasteiger partial charge on any atom is 0.231 e. The van der Waals surface area contributed by atoms with Crippen LogP contribution in [-0.2, 0) is 11.8 Å². The first-order chi connectivity index (χ1) is 13.0. The third kappa shape index (κ3) is 2.94. The molecule has 0 aromatic carbocycles. The number of aromatic nitrogens is 4. The second-order valence-corrected chi connectivity index (χ2v) is 6.33. The van der Waals surface area contributed by atoms with Gasteiger partial charge in [-0.25, -0.2) is 19.3 Å². The molecule has 1 N–H and O–H groups in total. The average molecular weight is 371 g/mol. The lowest BCUT2D eigenvalue weighted by atomic mass is 10.2. The Bertz CT molecular complexity index is 1010. The number of rotatable bonds is 5. The Morgan fingerprint density at radius 1 is 1.22 bits per heavy atom. The standard InChI is InChI=1S/C18H18FN5O3/c1-24-12(15-17(26-2)21-8-22-18(15)27-3)4-9-5-14(20-7-13(9)24)23-16(25)10-6-11(10)19/h4-5,7-8,10-11H,6H2,1-3H3,(H,20,23,25)/t10-,11+/m0/s1. The molecule has 9 heteroatoms. The van der Waals surface area contributed by atoms with Gasteiger partial charge in [0, 0.05) is 12.4 Å². The monoisotopic (exact) mass is 371 g/mol. The number of alkyl halides is 1. The third-order valence-electron chi connectivity index (χ3n) is 4.65. The third-order valence-corrected chi connectivity index (χ3v) is 4.65. The number of anilines is 1. The predicted molar refractivity (Wildman–Crippen MR) is 96.5 cm³/mol. The van der Waals surface area contributed by atoms with Crippen molar-refractivity contribution in [1.29, 1.82) is 0 Å². The summed E-state index contributed by atoms with van der Waals surface area (Å²) in [6, 6.07) is 3.65. The highest BCUT2D eigenvalue weighted by molar-refractivity contribution is 5.96. The first-order valence-corrected chi connectivity index (χ1v) is 8.37. The van der Waals surface area contributed by atoms with Crippen molar-refractivity contribution >= 4 is 22.6 Å². The van der Waals surface area contributed by atoms with Crippen molar-refractivity contribution in [2.45, 2.75) is 12.6 Å². The summed E-state index contributed by atoms with van der Waals surface area (Å²) in [6.45, 7) is 0. The molecule has 1 aliphatic rings. The number of aryl methyl sites for hydroxylation is 1. The SMILES string of the molecule is COc1ncnc(OC)c1-c1cc2cc(NC(=O)[C@H]3C[C@H]3F)ncc2n1C. The van der Waals surface area contributed by atoms with E-state index in [-0.39, 0.29) is 12.3 Å². The quantitative estimate of drug-likeness (QED) is 0.740. The molecular weight excluding hydrogens is 353 g/mol. The molecule has 0 radical (unpaired) electrons. The molecule has 0 aliphatic heterocycles. The summed E-state index contributed by atoms with van der Waals surface area (Å²) < 4.78 is 25.7. The summed E-state index contributed by atoms with van der Waals surface area (Å²) in [7, 11) is 4.93. The number of fused-ring (bicyclic) bond motifs is 1. The highest BCUT2D eigenvalue weighted by Crippen LogP contribution is 2.38. The van der Waals surface area contributed by atoms with Crippen LogP contribution in [0.15, 0.2) is 24.7 Å². The number of nitrogens with zero attached hydrogens (tertiary/aromatic N) is 4. The van der Waals surface area contributed by atoms with Crippen molar-refractivity contribution in [2.75, 3.05) is 19.5 Å². The van der Waals surface area contributed by atoms with E-state index in [1.54, 1.807) is 12.3 Å². The number of pyridine rings is 1. The number of methoxy groups -OCH3 is 2. The minimum Gasteiger partial charge on any atom is -0.480 e. The first kappa shape index (κ1) is 17.2. The molecule has 27 heavy (non-hydrogen) atoms. The van der Waals surface area contributed by atoms with Gasteiger partial charge in [-0.3, -0.25) is 4.79 Å². The molecule has 3 aromatic rings. The van der Waals surface area contributed by atoms with E-state index >= 15 is 0 Å². The van der Waals surface area contributed by atoms with Gasteiger partial charge in [-0.05, 0) is 18.6 Å². The summed E-state index contributed by atoms with van der Waals surface area (Å²) in [5.74, 6) is 0.245. The molecule has 0 bridgehead atoms. The number of halogens is 1. The highest BCUT2D eigenvalue weighted by atomic mass is 19.1. The van der Waals surface area contributed by atoms with Crippen molar-refractivity contribution in [2.24, 2.45) is 13.0 Å². The van der Waals surface area contributed by atoms with Crippen LogP contribution in [-0.4, -0.2) is 45.8 Å². The Kier molecular flexibility index (Phi) is 4.14. The van der Waals surface area contributed by atoms with Crippen molar-refractivity contribution in [3.05, 3.63) is 24.7 Å². The lowest BCUT2D eigenvalue weighted by Gasteiger charge is -2.11. The summed E-state index contributed by atoms with van der Waals surface area (Å²) >= 11 is 0. The topological polar surface area (TPSA) is 91.2 Å². The molecule has 1 amide bonds. The van der Waals surface area contributed by atoms with Crippen LogP contribution < -0.4 is 14.8 Å². The van der Waals surface area contributed by atoms with E-state index < -0.39 is 12.1 Å². The van der Waals surface area contributed by atoms with E-state index in [0.717, 1.165) is 16.6 Å². The van der Waals surface area contributed by atoms with Crippen molar-refractivity contribution in [3.63, 3.8) is 0 Å². The van der Waals surface area contributed by atoms with E-state index in [9.17, 15) is 9.18 Å². The van der Waals surface area contributed by atoms with E-state index in [2.05, 4.69) is 20.3 Å². The molecular formula is C18H18FN5O3. The van der Waals surface area contributed by atoms with Gasteiger partial charge in [-0.15, -0.1) is 0 Å². The zero-order chi connectivity index (χ0) is 19.1. The fraction of sp³-hybridized carbons (Fsp3) is 0.333. The number of carbonyl (C=O) groups excluding carboxylic acids is 1. The van der Waals surface area contributed by atoms with Crippen LogP contribution in [0.1, 0.15) is 6.42 Å². The first-order valence-electron chi connectivity index (χ1n) is 8.37. The van der Waals surface area contributed by atoms with Gasteiger partial charge in [0.1, 0.15) is 23.9 Å². The maximum atomic E-state index is 13.0. The fourth-order valence-electron chi connectivity index (χ4n) is 3.08. The normalized spacial score (nSPS) is 18.4. The average Bonchev–Trinajstić information content (AvgIpc) is 3.33. The van der Waals surface area contributed by atoms with Crippen LogP contribution in [0.3, 0.4) is 0 Å². The maximum absolute atomic E-state index is 13.0. The number of hydrogen-bond donors (Lipinski definition) is 1. The number of carbonyl (C=O) groups is 1. The van der Waals surface area contributed by atoms with Crippen molar-refractivity contribution in [1.82, 2.24) is 19.5 Å². The van der Waals surface area contributed by atoms with Crippen LogP contribution in [0, 0.1) is 5.92 Å². The van der Waals surface area contributed by atoms with Gasteiger partial charge in [0.05, 0.1) is 37.5 Å². The van der Waals surface area contributed by atoms with Crippen molar-refractivity contribution in [3.8, 4) is 23.0 Å². The predicted octanol–water partition coefficient (Wildman–Crippen LogP) is 2.34. The molecule has 1 fully saturated rings. The second-order valence-electron chi connectivity index (χ2n) is 6.33. The van der Waals surface area contributed by atoms with Crippen LogP contribution in [0.5, 0.6) is 11.8 Å². The lowest BCUT2D eigenvalue weighted by Crippen LogP contribution is -2.15. The number of ether oxygens (including phenoxy) is 2. The van der Waals surface area contributed by atoms with Gasteiger partial charge < -0.3 is 19.4 Å². The van der Waals surface area contributed by atoms with E-state index in [0.29, 0.717) is 23.1 Å². The Balaban J connectivity index is 1.75. The molecule has 0 spiro atoms. The summed E-state index contributed by atoms with van der Waals surface area (Å²) in [6.07, 6.45) is 2.25. The molecule has 3 aromatic heterocycles. The van der Waals surface area contributed by atoms with E-state index in [1.165, 1.54) is 20.5 Å².